The number of hydrogen-bond donors (Lipinski definition) is 2. The largest absolute Gasteiger partial charge is 0.326 e. The van der Waals surface area contributed by atoms with Gasteiger partial charge < -0.3 is 5.32 Å². The van der Waals surface area contributed by atoms with Gasteiger partial charge in [0.2, 0.25) is 5.91 Å². The molecule has 2 N–H and O–H groups in total. The Hall–Kier alpha value is -2.74. The Balaban J connectivity index is 2.26. The Labute approximate surface area is 133 Å². The number of aromatic nitrogens is 1. The molecule has 0 unspecified atom stereocenters. The van der Waals surface area contributed by atoms with E-state index in [2.05, 4.69) is 10.3 Å². The maximum atomic E-state index is 12.2. The monoisotopic (exact) mass is 333 g/mol. The fourth-order valence-corrected chi connectivity index (χ4v) is 2.77. The number of amides is 2. The number of carbonyl (C=O) groups is 2. The second kappa shape index (κ2) is 6.57. The van der Waals surface area contributed by atoms with Crippen molar-refractivity contribution < 1.29 is 18.0 Å². The maximum absolute atomic E-state index is 12.2. The summed E-state index contributed by atoms with van der Waals surface area (Å²) in [4.78, 5) is 26.9. The van der Waals surface area contributed by atoms with Crippen LogP contribution in [0.25, 0.3) is 0 Å². The van der Waals surface area contributed by atoms with Crippen LogP contribution in [0, 0.1) is 6.92 Å². The molecule has 1 heterocycles. The first-order chi connectivity index (χ1) is 10.8. The third-order valence-electron chi connectivity index (χ3n) is 2.98. The molecule has 8 heteroatoms. The van der Waals surface area contributed by atoms with Gasteiger partial charge in [0.25, 0.3) is 15.9 Å². The van der Waals surface area contributed by atoms with Crippen LogP contribution >= 0.6 is 0 Å². The van der Waals surface area contributed by atoms with Crippen LogP contribution in [0.1, 0.15) is 22.8 Å². The summed E-state index contributed by atoms with van der Waals surface area (Å²) in [5.41, 5.74) is 1.32. The fourth-order valence-electron chi connectivity index (χ4n) is 1.83. The van der Waals surface area contributed by atoms with E-state index in [0.717, 1.165) is 11.8 Å². The van der Waals surface area contributed by atoms with Crippen LogP contribution in [0.5, 0.6) is 0 Å². The average Bonchev–Trinajstić information content (AvgIpc) is 2.49. The summed E-state index contributed by atoms with van der Waals surface area (Å²) in [5.74, 6) is -1.07. The minimum Gasteiger partial charge on any atom is -0.326 e. The second-order valence-corrected chi connectivity index (χ2v) is 6.52. The minimum absolute atomic E-state index is 0.109. The van der Waals surface area contributed by atoms with Gasteiger partial charge in [-0.1, -0.05) is 6.07 Å². The quantitative estimate of drug-likeness (QED) is 0.881. The summed E-state index contributed by atoms with van der Waals surface area (Å²) in [5, 5.41) is 2.58. The summed E-state index contributed by atoms with van der Waals surface area (Å²) < 4.78 is 26.2. The summed E-state index contributed by atoms with van der Waals surface area (Å²) in [6.07, 6.45) is 2.58. The lowest BCUT2D eigenvalue weighted by molar-refractivity contribution is -0.114. The molecular weight excluding hydrogens is 318 g/mol. The highest BCUT2D eigenvalue weighted by Crippen LogP contribution is 2.17. The highest BCUT2D eigenvalue weighted by Gasteiger charge is 2.19. The smallest absolute Gasteiger partial charge is 0.265 e. The lowest BCUT2D eigenvalue weighted by atomic mass is 10.1. The van der Waals surface area contributed by atoms with Crippen molar-refractivity contribution in [2.45, 2.75) is 18.7 Å². The summed E-state index contributed by atoms with van der Waals surface area (Å²) in [6, 6.07) is 7.32. The number of aryl methyl sites for hydroxylation is 1. The molecule has 1 aromatic carbocycles. The first-order valence-electron chi connectivity index (χ1n) is 6.65. The lowest BCUT2D eigenvalue weighted by Gasteiger charge is -2.10. The van der Waals surface area contributed by atoms with Crippen LogP contribution in [0.4, 0.5) is 5.69 Å². The van der Waals surface area contributed by atoms with Crippen molar-refractivity contribution in [1.29, 1.82) is 0 Å². The van der Waals surface area contributed by atoms with Crippen molar-refractivity contribution in [2.75, 3.05) is 5.32 Å². The van der Waals surface area contributed by atoms with Crippen molar-refractivity contribution in [2.24, 2.45) is 0 Å². The maximum Gasteiger partial charge on any atom is 0.265 e. The molecule has 0 aliphatic carbocycles. The highest BCUT2D eigenvalue weighted by atomic mass is 32.2. The average molecular weight is 333 g/mol. The third kappa shape index (κ3) is 4.13. The Morgan fingerprint density at radius 3 is 2.52 bits per heavy atom. The normalized spacial score (nSPS) is 10.9. The van der Waals surface area contributed by atoms with Crippen molar-refractivity contribution in [3.63, 3.8) is 0 Å². The van der Waals surface area contributed by atoms with Crippen LogP contribution in [-0.2, 0) is 14.8 Å². The van der Waals surface area contributed by atoms with Crippen LogP contribution < -0.4 is 10.0 Å². The van der Waals surface area contributed by atoms with Gasteiger partial charge in [-0.15, -0.1) is 0 Å². The van der Waals surface area contributed by atoms with E-state index in [1.165, 1.54) is 37.4 Å². The predicted octanol–water partition coefficient (Wildman–Crippen LogP) is 1.47. The molecule has 23 heavy (non-hydrogen) atoms. The molecule has 0 fully saturated rings. The molecule has 0 spiro atoms. The second-order valence-electron chi connectivity index (χ2n) is 4.83. The van der Waals surface area contributed by atoms with Crippen LogP contribution in [-0.4, -0.2) is 25.2 Å². The van der Waals surface area contributed by atoms with Gasteiger partial charge in [0.05, 0.1) is 0 Å². The summed E-state index contributed by atoms with van der Waals surface area (Å²) in [7, 11) is -4.00. The first-order valence-corrected chi connectivity index (χ1v) is 8.13. The molecule has 2 amide bonds. The number of carbonyl (C=O) groups excluding carboxylic acids is 2. The number of benzene rings is 1. The number of hydrogen-bond acceptors (Lipinski definition) is 5. The molecule has 2 rings (SSSR count). The zero-order valence-corrected chi connectivity index (χ0v) is 13.3. The van der Waals surface area contributed by atoms with Gasteiger partial charge in [0, 0.05) is 30.6 Å². The van der Waals surface area contributed by atoms with E-state index in [9.17, 15) is 18.0 Å². The van der Waals surface area contributed by atoms with Gasteiger partial charge in [-0.05, 0) is 36.8 Å². The number of sulfonamides is 1. The molecule has 120 valence electrons. The SMILES string of the molecule is CC(=O)Nc1cc(C(=O)NS(=O)(=O)c2cccnc2)ccc1C. The highest BCUT2D eigenvalue weighted by molar-refractivity contribution is 7.90. The Bertz CT molecular complexity index is 848. The molecule has 0 aliphatic heterocycles. The van der Waals surface area contributed by atoms with Crippen molar-refractivity contribution in [3.05, 3.63) is 53.9 Å². The zero-order chi connectivity index (χ0) is 17.0. The standard InChI is InChI=1S/C15H15N3O4S/c1-10-5-6-12(8-14(10)17-11(2)19)15(20)18-23(21,22)13-4-3-7-16-9-13/h3-9H,1-2H3,(H,17,19)(H,18,20). The van der Waals surface area contributed by atoms with Crippen molar-refractivity contribution in [3.8, 4) is 0 Å². The van der Waals surface area contributed by atoms with Gasteiger partial charge in [-0.3, -0.25) is 14.6 Å². The van der Waals surface area contributed by atoms with Gasteiger partial charge in [0.15, 0.2) is 0 Å². The van der Waals surface area contributed by atoms with E-state index in [4.69, 9.17) is 0 Å². The number of nitrogens with one attached hydrogen (secondary N) is 2. The number of rotatable bonds is 4. The van der Waals surface area contributed by atoms with E-state index in [1.807, 2.05) is 4.72 Å². The molecule has 0 saturated heterocycles. The van der Waals surface area contributed by atoms with E-state index in [-0.39, 0.29) is 16.4 Å². The molecule has 0 atom stereocenters. The molecule has 2 aromatic rings. The van der Waals surface area contributed by atoms with Crippen molar-refractivity contribution >= 4 is 27.5 Å². The number of nitrogens with zero attached hydrogens (tertiary/aromatic N) is 1. The van der Waals surface area contributed by atoms with Crippen LogP contribution in [0.3, 0.4) is 0 Å². The molecular formula is C15H15N3O4S. The molecule has 7 nitrogen and oxygen atoms in total. The molecule has 1 aromatic heterocycles. The molecule has 0 radical (unpaired) electrons. The Kier molecular flexibility index (Phi) is 4.75. The van der Waals surface area contributed by atoms with Crippen LogP contribution in [0.2, 0.25) is 0 Å². The van der Waals surface area contributed by atoms with Crippen LogP contribution in [0.15, 0.2) is 47.6 Å². The van der Waals surface area contributed by atoms with Crippen molar-refractivity contribution in [1.82, 2.24) is 9.71 Å². The third-order valence-corrected chi connectivity index (χ3v) is 4.30. The summed E-state index contributed by atoms with van der Waals surface area (Å²) >= 11 is 0. The number of anilines is 1. The van der Waals surface area contributed by atoms with Gasteiger partial charge in [-0.2, -0.15) is 0 Å². The number of pyridine rings is 1. The van der Waals surface area contributed by atoms with E-state index >= 15 is 0 Å². The zero-order valence-electron chi connectivity index (χ0n) is 12.5. The van der Waals surface area contributed by atoms with Gasteiger partial charge in [-0.25, -0.2) is 13.1 Å². The molecule has 0 aliphatic rings. The molecule has 0 saturated carbocycles. The van der Waals surface area contributed by atoms with Gasteiger partial charge in [0.1, 0.15) is 4.90 Å². The van der Waals surface area contributed by atoms with Gasteiger partial charge >= 0.3 is 0 Å². The molecule has 0 bridgehead atoms. The van der Waals surface area contributed by atoms with E-state index in [1.54, 1.807) is 13.0 Å². The van der Waals surface area contributed by atoms with E-state index in [0.29, 0.717) is 5.69 Å². The Morgan fingerprint density at radius 2 is 1.91 bits per heavy atom. The predicted molar refractivity (Wildman–Crippen MR) is 84.4 cm³/mol. The first kappa shape index (κ1) is 16.6. The minimum atomic E-state index is -4.00. The topological polar surface area (TPSA) is 105 Å². The fraction of sp³-hybridized carbons (Fsp3) is 0.133. The Morgan fingerprint density at radius 1 is 1.17 bits per heavy atom. The summed E-state index contributed by atoms with van der Waals surface area (Å²) in [6.45, 7) is 3.11. The lowest BCUT2D eigenvalue weighted by Crippen LogP contribution is -2.30. The van der Waals surface area contributed by atoms with E-state index < -0.39 is 15.9 Å².